The lowest BCUT2D eigenvalue weighted by molar-refractivity contribution is 0.309. The number of benzene rings is 5. The highest BCUT2D eigenvalue weighted by atomic mass is 19.2. The zero-order valence-electron chi connectivity index (χ0n) is 24.4. The number of rotatable bonds is 8. The summed E-state index contributed by atoms with van der Waals surface area (Å²) in [5.74, 6) is -2.90. The van der Waals surface area contributed by atoms with Crippen LogP contribution in [0.25, 0.3) is 33.0 Å². The Morgan fingerprint density at radius 3 is 1.98 bits per heavy atom. The Labute approximate surface area is 256 Å². The number of hydrogen-bond acceptors (Lipinski definition) is 1. The molecule has 0 atom stereocenters. The first-order chi connectivity index (χ1) is 21.6. The van der Waals surface area contributed by atoms with E-state index in [2.05, 4.69) is 18.8 Å². The van der Waals surface area contributed by atoms with Crippen LogP contribution in [0.1, 0.15) is 49.8 Å². The summed E-state index contributed by atoms with van der Waals surface area (Å²) < 4.78 is 108. The normalized spacial score (nSPS) is 11.0. The number of ether oxygens (including phenoxy) is 1. The molecule has 0 spiro atoms. The molecular formula is C37H27F7O. The Bertz CT molecular complexity index is 1930. The molecular weight excluding hydrogens is 593 g/mol. The van der Waals surface area contributed by atoms with E-state index >= 15 is 17.6 Å². The second-order valence-electron chi connectivity index (χ2n) is 10.6. The van der Waals surface area contributed by atoms with Crippen LogP contribution in [0.4, 0.5) is 30.7 Å². The van der Waals surface area contributed by atoms with Gasteiger partial charge in [-0.25, -0.2) is 30.7 Å². The first-order valence-electron chi connectivity index (χ1n) is 14.4. The average molecular weight is 621 g/mol. The predicted molar refractivity (Wildman–Crippen MR) is 161 cm³/mol. The summed E-state index contributed by atoms with van der Waals surface area (Å²) in [6.45, 7) is 4.64. The van der Waals surface area contributed by atoms with E-state index in [-0.39, 0.29) is 16.5 Å². The molecule has 8 heteroatoms. The molecule has 0 heterocycles. The second-order valence-corrected chi connectivity index (χ2v) is 10.6. The van der Waals surface area contributed by atoms with Crippen molar-refractivity contribution in [3.63, 3.8) is 0 Å². The van der Waals surface area contributed by atoms with E-state index in [0.29, 0.717) is 48.3 Å². The van der Waals surface area contributed by atoms with Crippen molar-refractivity contribution in [3.8, 4) is 39.8 Å². The van der Waals surface area contributed by atoms with Crippen LogP contribution in [0, 0.1) is 52.6 Å². The lowest BCUT2D eigenvalue weighted by atomic mass is 9.93. The molecule has 0 radical (unpaired) electrons. The van der Waals surface area contributed by atoms with E-state index in [1.54, 1.807) is 6.07 Å². The summed E-state index contributed by atoms with van der Waals surface area (Å²) in [4.78, 5) is 0. The quantitative estimate of drug-likeness (QED) is 0.0726. The smallest absolute Gasteiger partial charge is 0.194 e. The second kappa shape index (κ2) is 13.5. The van der Waals surface area contributed by atoms with E-state index in [9.17, 15) is 13.2 Å². The molecule has 0 bridgehead atoms. The molecule has 5 aromatic rings. The largest absolute Gasteiger partial charge is 0.494 e. The summed E-state index contributed by atoms with van der Waals surface area (Å²) in [6.07, 6.45) is 3.22. The molecule has 0 unspecified atom stereocenters. The zero-order valence-corrected chi connectivity index (χ0v) is 24.4. The van der Waals surface area contributed by atoms with Gasteiger partial charge in [0, 0.05) is 16.7 Å². The maximum Gasteiger partial charge on any atom is 0.194 e. The van der Waals surface area contributed by atoms with Gasteiger partial charge in [0.2, 0.25) is 0 Å². The summed E-state index contributed by atoms with van der Waals surface area (Å²) >= 11 is 0. The molecule has 0 aromatic heterocycles. The van der Waals surface area contributed by atoms with Gasteiger partial charge in [-0.1, -0.05) is 38.5 Å². The third-order valence-electron chi connectivity index (χ3n) is 7.34. The van der Waals surface area contributed by atoms with Gasteiger partial charge in [-0.3, -0.25) is 0 Å². The van der Waals surface area contributed by atoms with Crippen LogP contribution < -0.4 is 4.74 Å². The third-order valence-corrected chi connectivity index (χ3v) is 7.34. The third kappa shape index (κ3) is 6.68. The predicted octanol–water partition coefficient (Wildman–Crippen LogP) is 10.7. The fourth-order valence-corrected chi connectivity index (χ4v) is 5.07. The highest BCUT2D eigenvalue weighted by Crippen LogP contribution is 2.37. The van der Waals surface area contributed by atoms with Crippen molar-refractivity contribution in [2.75, 3.05) is 6.61 Å². The minimum Gasteiger partial charge on any atom is -0.494 e. The first-order valence-corrected chi connectivity index (χ1v) is 14.4. The minimum absolute atomic E-state index is 0.00551. The highest BCUT2D eigenvalue weighted by molar-refractivity contribution is 5.92. The van der Waals surface area contributed by atoms with Crippen molar-refractivity contribution in [2.24, 2.45) is 0 Å². The Hall–Kier alpha value is -4.77. The van der Waals surface area contributed by atoms with E-state index in [1.807, 2.05) is 31.2 Å². The Morgan fingerprint density at radius 2 is 1.31 bits per heavy atom. The monoisotopic (exact) mass is 620 g/mol. The fraction of sp³-hybridized carbons (Fsp3) is 0.189. The number of unbranched alkanes of at least 4 members (excludes halogenated alkanes) is 1. The zero-order chi connectivity index (χ0) is 32.2. The van der Waals surface area contributed by atoms with E-state index in [4.69, 9.17) is 4.74 Å². The molecule has 5 rings (SSSR count). The van der Waals surface area contributed by atoms with Gasteiger partial charge in [0.1, 0.15) is 29.0 Å². The van der Waals surface area contributed by atoms with Crippen molar-refractivity contribution in [2.45, 2.75) is 39.5 Å². The van der Waals surface area contributed by atoms with Gasteiger partial charge in [0.15, 0.2) is 17.5 Å². The van der Waals surface area contributed by atoms with Gasteiger partial charge in [0.25, 0.3) is 0 Å². The van der Waals surface area contributed by atoms with Gasteiger partial charge in [0.05, 0.1) is 17.6 Å². The molecule has 0 aliphatic rings. The summed E-state index contributed by atoms with van der Waals surface area (Å²) in [5.41, 5.74) is 0.317. The van der Waals surface area contributed by atoms with E-state index in [0.717, 1.165) is 30.7 Å². The number of fused-ring (bicyclic) bond motifs is 1. The molecule has 45 heavy (non-hydrogen) atoms. The van der Waals surface area contributed by atoms with Crippen molar-refractivity contribution in [1.29, 1.82) is 0 Å². The van der Waals surface area contributed by atoms with Crippen LogP contribution in [0.3, 0.4) is 0 Å². The van der Waals surface area contributed by atoms with Crippen molar-refractivity contribution in [3.05, 3.63) is 124 Å². The topological polar surface area (TPSA) is 9.23 Å². The molecule has 0 aliphatic carbocycles. The fourth-order valence-electron chi connectivity index (χ4n) is 5.07. The van der Waals surface area contributed by atoms with E-state index < -0.39 is 57.2 Å². The molecule has 5 aromatic carbocycles. The number of halogens is 7. The summed E-state index contributed by atoms with van der Waals surface area (Å²) in [6, 6.07) is 13.8. The van der Waals surface area contributed by atoms with Crippen LogP contribution in [0.2, 0.25) is 0 Å². The summed E-state index contributed by atoms with van der Waals surface area (Å²) in [5, 5.41) is -0.909. The molecule has 0 saturated heterocycles. The van der Waals surface area contributed by atoms with Crippen molar-refractivity contribution < 1.29 is 35.5 Å². The molecule has 0 saturated carbocycles. The van der Waals surface area contributed by atoms with Crippen LogP contribution >= 0.6 is 0 Å². The lowest BCUT2D eigenvalue weighted by Gasteiger charge is -2.14. The summed E-state index contributed by atoms with van der Waals surface area (Å²) in [7, 11) is 0. The molecule has 0 fully saturated rings. The molecule has 0 amide bonds. The number of aryl methyl sites for hydroxylation is 1. The van der Waals surface area contributed by atoms with Gasteiger partial charge < -0.3 is 4.74 Å². The van der Waals surface area contributed by atoms with Gasteiger partial charge >= 0.3 is 0 Å². The van der Waals surface area contributed by atoms with Gasteiger partial charge in [-0.05, 0) is 102 Å². The first kappa shape index (κ1) is 31.6. The Morgan fingerprint density at radius 1 is 0.622 bits per heavy atom. The standard InChI is InChI=1S/C37H27F7O/c1-3-5-13-45-27-11-8-21(9-12-27)7-10-23-16-29(38)28(15-22(23)6-4-2)24-14-25-18-31(40)35(37(44)34(25)30(39)17-24)26-19-32(41)36(43)33(42)20-26/h8-9,11-12,14-20H,3-6,13H2,1-2H3. The molecule has 1 nitrogen and oxygen atoms in total. The highest BCUT2D eigenvalue weighted by Gasteiger charge is 2.23. The van der Waals surface area contributed by atoms with Crippen LogP contribution in [-0.4, -0.2) is 6.61 Å². The van der Waals surface area contributed by atoms with Crippen LogP contribution in [0.15, 0.2) is 66.7 Å². The molecule has 0 aliphatic heterocycles. The van der Waals surface area contributed by atoms with Gasteiger partial charge in [-0.2, -0.15) is 0 Å². The van der Waals surface area contributed by atoms with Crippen LogP contribution in [0.5, 0.6) is 5.75 Å². The number of hydrogen-bond donors (Lipinski definition) is 0. The van der Waals surface area contributed by atoms with Crippen molar-refractivity contribution >= 4 is 10.8 Å². The van der Waals surface area contributed by atoms with Crippen molar-refractivity contribution in [1.82, 2.24) is 0 Å². The average Bonchev–Trinajstić information content (AvgIpc) is 3.00. The molecule has 0 N–H and O–H groups in total. The maximum absolute atomic E-state index is 15.5. The minimum atomic E-state index is -1.81. The Kier molecular flexibility index (Phi) is 9.48. The maximum atomic E-state index is 15.5. The van der Waals surface area contributed by atoms with Gasteiger partial charge in [-0.15, -0.1) is 0 Å². The Balaban J connectivity index is 1.52. The SMILES string of the molecule is CCCCOc1ccc(C#Cc2cc(F)c(-c3cc(F)c4c(F)c(-c5cc(F)c(F)c(F)c5)c(F)cc4c3)cc2CCC)cc1. The molecule has 230 valence electrons. The van der Waals surface area contributed by atoms with E-state index in [1.165, 1.54) is 12.1 Å². The lowest BCUT2D eigenvalue weighted by Crippen LogP contribution is -1.99. The van der Waals surface area contributed by atoms with Crippen LogP contribution in [-0.2, 0) is 6.42 Å².